The highest BCUT2D eigenvalue weighted by Crippen LogP contribution is 2.36. The smallest absolute Gasteiger partial charge is 0.338 e. The maximum Gasteiger partial charge on any atom is 0.338 e. The van der Waals surface area contributed by atoms with Gasteiger partial charge < -0.3 is 14.2 Å². The lowest BCUT2D eigenvalue weighted by atomic mass is 9.93. The number of aromatic nitrogens is 1. The number of fused-ring (bicyclic) bond motifs is 1. The Morgan fingerprint density at radius 2 is 1.74 bits per heavy atom. The van der Waals surface area contributed by atoms with Gasteiger partial charge >= 0.3 is 5.97 Å². The summed E-state index contributed by atoms with van der Waals surface area (Å²) >= 11 is 3.43. The summed E-state index contributed by atoms with van der Waals surface area (Å²) in [6.07, 6.45) is 1.79. The molecule has 1 aliphatic heterocycles. The Hall–Kier alpha value is -4.99. The summed E-state index contributed by atoms with van der Waals surface area (Å²) in [5, 5.41) is 9.46. The van der Waals surface area contributed by atoms with Gasteiger partial charge in [0.15, 0.2) is 16.3 Å². The fourth-order valence-corrected chi connectivity index (χ4v) is 7.19. The number of halogens is 1. The molecular weight excluding hydrogens is 725 g/mol. The van der Waals surface area contributed by atoms with E-state index in [2.05, 4.69) is 28.7 Å². The van der Waals surface area contributed by atoms with Crippen LogP contribution in [0, 0.1) is 14.9 Å². The number of carbonyl (C=O) groups excluding carboxylic acids is 1. The Bertz CT molecular complexity index is 2220. The fourth-order valence-electron chi connectivity index (χ4n) is 5.41. The number of methoxy groups -OCH3 is 1. The van der Waals surface area contributed by atoms with Crippen LogP contribution < -0.4 is 24.4 Å². The fraction of sp³-hybridized carbons (Fsp3) is 0.135. The van der Waals surface area contributed by atoms with Crippen molar-refractivity contribution >= 4 is 51.7 Å². The molecule has 4 aromatic carbocycles. The topological polar surface area (TPSA) is 103 Å². The van der Waals surface area contributed by atoms with Crippen LogP contribution in [0.2, 0.25) is 0 Å². The average molecular weight is 754 g/mol. The van der Waals surface area contributed by atoms with E-state index in [-0.39, 0.29) is 18.8 Å². The number of nitrogens with zero attached hydrogens (tertiary/aromatic N) is 3. The Morgan fingerprint density at radius 3 is 2.45 bits per heavy atom. The van der Waals surface area contributed by atoms with Crippen molar-refractivity contribution in [3.63, 3.8) is 0 Å². The van der Waals surface area contributed by atoms with E-state index in [0.29, 0.717) is 37.7 Å². The van der Waals surface area contributed by atoms with Crippen LogP contribution in [-0.4, -0.2) is 24.3 Å². The molecule has 2 heterocycles. The maximum absolute atomic E-state index is 14.2. The van der Waals surface area contributed by atoms with E-state index in [0.717, 1.165) is 25.8 Å². The molecule has 0 aliphatic carbocycles. The zero-order chi connectivity index (χ0) is 32.9. The van der Waals surface area contributed by atoms with E-state index in [9.17, 15) is 14.9 Å². The van der Waals surface area contributed by atoms with Crippen LogP contribution in [0.15, 0.2) is 112 Å². The van der Waals surface area contributed by atoms with Gasteiger partial charge in [-0.2, -0.15) is 5.26 Å². The number of thiazole rings is 1. The van der Waals surface area contributed by atoms with E-state index in [1.54, 1.807) is 36.8 Å². The van der Waals surface area contributed by atoms with Crippen LogP contribution in [-0.2, 0) is 16.1 Å². The number of esters is 1. The number of carbonyl (C=O) groups is 1. The number of ether oxygens (including phenoxy) is 3. The molecule has 234 valence electrons. The second-order valence-corrected chi connectivity index (χ2v) is 12.6. The van der Waals surface area contributed by atoms with Crippen LogP contribution in [0.4, 0.5) is 0 Å². The first-order valence-electron chi connectivity index (χ1n) is 14.7. The normalized spacial score (nSPS) is 14.2. The third-order valence-electron chi connectivity index (χ3n) is 7.55. The summed E-state index contributed by atoms with van der Waals surface area (Å²) in [6, 6.07) is 31.4. The van der Waals surface area contributed by atoms with E-state index < -0.39 is 12.0 Å². The van der Waals surface area contributed by atoms with Gasteiger partial charge in [-0.15, -0.1) is 0 Å². The van der Waals surface area contributed by atoms with Gasteiger partial charge in [-0.05, 0) is 64.9 Å². The number of nitriles is 1. The highest BCUT2D eigenvalue weighted by molar-refractivity contribution is 14.1. The summed E-state index contributed by atoms with van der Waals surface area (Å²) < 4.78 is 20.1. The molecule has 1 atom stereocenters. The molecule has 10 heteroatoms. The molecule has 0 spiro atoms. The zero-order valence-corrected chi connectivity index (χ0v) is 28.4. The molecule has 6 rings (SSSR count). The zero-order valence-electron chi connectivity index (χ0n) is 25.5. The van der Waals surface area contributed by atoms with Gasteiger partial charge in [-0.25, -0.2) is 9.79 Å². The molecule has 0 amide bonds. The molecule has 0 saturated carbocycles. The lowest BCUT2D eigenvalue weighted by Gasteiger charge is -2.25. The monoisotopic (exact) mass is 753 g/mol. The summed E-state index contributed by atoms with van der Waals surface area (Å²) in [4.78, 5) is 33.2. The Kier molecular flexibility index (Phi) is 9.65. The van der Waals surface area contributed by atoms with Gasteiger partial charge in [0, 0.05) is 11.1 Å². The first kappa shape index (κ1) is 32.0. The molecular formula is C37H28IN3O5S. The summed E-state index contributed by atoms with van der Waals surface area (Å²) in [6.45, 7) is 2.13. The third-order valence-corrected chi connectivity index (χ3v) is 9.33. The SMILES string of the molecule is CCOC(=O)C1=C(c2ccccc2)N=c2s/c(=C\c3cc(I)c(OCc4ccccc4C#N)c(OC)c3)c(=O)n2[C@@H]1c1ccccc1. The lowest BCUT2D eigenvalue weighted by molar-refractivity contribution is -0.138. The molecule has 5 aromatic rings. The molecule has 0 radical (unpaired) electrons. The molecule has 8 nitrogen and oxygen atoms in total. The molecule has 0 N–H and O–H groups in total. The van der Waals surface area contributed by atoms with Crippen molar-refractivity contribution in [3.8, 4) is 17.6 Å². The minimum atomic E-state index is -0.745. The van der Waals surface area contributed by atoms with Crippen LogP contribution in [0.1, 0.15) is 40.8 Å². The molecule has 47 heavy (non-hydrogen) atoms. The largest absolute Gasteiger partial charge is 0.493 e. The Balaban J connectivity index is 1.48. The predicted molar refractivity (Wildman–Crippen MR) is 189 cm³/mol. The van der Waals surface area contributed by atoms with Crippen molar-refractivity contribution in [3.05, 3.63) is 154 Å². The van der Waals surface area contributed by atoms with Crippen molar-refractivity contribution < 1.29 is 19.0 Å². The molecule has 0 unspecified atom stereocenters. The number of benzene rings is 4. The molecule has 0 fully saturated rings. The first-order chi connectivity index (χ1) is 22.9. The van der Waals surface area contributed by atoms with Gasteiger partial charge in [0.2, 0.25) is 0 Å². The number of hydrogen-bond donors (Lipinski definition) is 0. The van der Waals surface area contributed by atoms with Crippen molar-refractivity contribution in [1.29, 1.82) is 5.26 Å². The summed E-state index contributed by atoms with van der Waals surface area (Å²) in [5.41, 5.74) is 4.06. The van der Waals surface area contributed by atoms with Gasteiger partial charge in [0.05, 0.1) is 50.8 Å². The van der Waals surface area contributed by atoms with Crippen molar-refractivity contribution in [1.82, 2.24) is 4.57 Å². The van der Waals surface area contributed by atoms with E-state index in [1.165, 1.54) is 11.3 Å². The highest BCUT2D eigenvalue weighted by atomic mass is 127. The minimum absolute atomic E-state index is 0.182. The number of hydrogen-bond acceptors (Lipinski definition) is 8. The van der Waals surface area contributed by atoms with Crippen molar-refractivity contribution in [2.75, 3.05) is 13.7 Å². The minimum Gasteiger partial charge on any atom is -0.493 e. The van der Waals surface area contributed by atoms with Crippen LogP contribution >= 0.6 is 33.9 Å². The second-order valence-electron chi connectivity index (χ2n) is 10.4. The van der Waals surface area contributed by atoms with Crippen molar-refractivity contribution in [2.45, 2.75) is 19.6 Å². The molecule has 1 aromatic heterocycles. The van der Waals surface area contributed by atoms with Crippen molar-refractivity contribution in [2.24, 2.45) is 4.99 Å². The van der Waals surface area contributed by atoms with Gasteiger partial charge in [0.25, 0.3) is 5.56 Å². The van der Waals surface area contributed by atoms with Crippen LogP contribution in [0.25, 0.3) is 11.8 Å². The van der Waals surface area contributed by atoms with E-state index >= 15 is 0 Å². The van der Waals surface area contributed by atoms with Gasteiger partial charge in [-0.1, -0.05) is 90.2 Å². The average Bonchev–Trinajstić information content (AvgIpc) is 3.41. The quantitative estimate of drug-likeness (QED) is 0.135. The van der Waals surface area contributed by atoms with Crippen LogP contribution in [0.3, 0.4) is 0 Å². The Labute approximate surface area is 288 Å². The second kappa shape index (κ2) is 14.2. The number of rotatable bonds is 9. The Morgan fingerprint density at radius 1 is 1.04 bits per heavy atom. The van der Waals surface area contributed by atoms with Crippen LogP contribution in [0.5, 0.6) is 11.5 Å². The third kappa shape index (κ3) is 6.50. The first-order valence-corrected chi connectivity index (χ1v) is 16.6. The summed E-state index contributed by atoms with van der Waals surface area (Å²) in [7, 11) is 1.56. The summed E-state index contributed by atoms with van der Waals surface area (Å²) in [5.74, 6) is 0.504. The molecule has 0 saturated heterocycles. The van der Waals surface area contributed by atoms with E-state index in [4.69, 9.17) is 19.2 Å². The van der Waals surface area contributed by atoms with E-state index in [1.807, 2.05) is 84.9 Å². The predicted octanol–water partition coefficient (Wildman–Crippen LogP) is 6.00. The maximum atomic E-state index is 14.2. The highest BCUT2D eigenvalue weighted by Gasteiger charge is 2.35. The molecule has 1 aliphatic rings. The standard InChI is InChI=1S/C37H28IN3O5S/c1-3-45-36(43)31-32(24-12-6-4-7-13-24)40-37-41(33(31)25-14-8-5-9-15-25)35(42)30(47-37)20-23-18-28(38)34(29(19-23)44-2)46-22-27-17-11-10-16-26(27)21-39/h4-20,33H,3,22H2,1-2H3/b30-20-/t33-/m1/s1. The molecule has 0 bridgehead atoms. The van der Waals surface area contributed by atoms with Gasteiger partial charge in [-0.3, -0.25) is 9.36 Å². The van der Waals surface area contributed by atoms with Gasteiger partial charge in [0.1, 0.15) is 6.61 Å². The lowest BCUT2D eigenvalue weighted by Crippen LogP contribution is -2.40.